The number of hydrogen-bond acceptors (Lipinski definition) is 3. The molecule has 142 valence electrons. The van der Waals surface area contributed by atoms with Gasteiger partial charge in [0.1, 0.15) is 12.4 Å². The third-order valence-corrected chi connectivity index (χ3v) is 5.35. The number of carbonyl (C=O) groups excluding carboxylic acids is 1. The lowest BCUT2D eigenvalue weighted by molar-refractivity contribution is 0.0526. The fourth-order valence-electron chi connectivity index (χ4n) is 3.62. The van der Waals surface area contributed by atoms with Crippen molar-refractivity contribution >= 4 is 5.97 Å². The Bertz CT molecular complexity index is 924. The molecule has 3 nitrogen and oxygen atoms in total. The van der Waals surface area contributed by atoms with Gasteiger partial charge in [0.2, 0.25) is 0 Å². The van der Waals surface area contributed by atoms with Crippen molar-refractivity contribution in [3.63, 3.8) is 0 Å². The van der Waals surface area contributed by atoms with Gasteiger partial charge in [-0.3, -0.25) is 0 Å². The molecule has 3 heteroatoms. The average Bonchev–Trinajstić information content (AvgIpc) is 3.56. The molecule has 0 spiro atoms. The molecule has 0 atom stereocenters. The Kier molecular flexibility index (Phi) is 5.16. The van der Waals surface area contributed by atoms with E-state index in [0.29, 0.717) is 18.8 Å². The summed E-state index contributed by atoms with van der Waals surface area (Å²) in [5.74, 6) is 0.611. The minimum Gasteiger partial charge on any atom is -0.489 e. The van der Waals surface area contributed by atoms with Gasteiger partial charge < -0.3 is 9.47 Å². The highest BCUT2D eigenvalue weighted by Gasteiger charge is 2.45. The van der Waals surface area contributed by atoms with Gasteiger partial charge in [-0.1, -0.05) is 54.6 Å². The first-order valence-corrected chi connectivity index (χ1v) is 9.76. The molecule has 0 unspecified atom stereocenters. The zero-order valence-electron chi connectivity index (χ0n) is 16.1. The summed E-state index contributed by atoms with van der Waals surface area (Å²) in [4.78, 5) is 11.9. The van der Waals surface area contributed by atoms with E-state index in [1.807, 2.05) is 49.4 Å². The lowest BCUT2D eigenvalue weighted by atomic mass is 9.87. The number of carbonyl (C=O) groups is 1. The first kappa shape index (κ1) is 18.3. The maximum Gasteiger partial charge on any atom is 0.338 e. The van der Waals surface area contributed by atoms with E-state index >= 15 is 0 Å². The molecule has 0 radical (unpaired) electrons. The number of ether oxygens (including phenoxy) is 2. The maximum atomic E-state index is 11.9. The van der Waals surface area contributed by atoms with E-state index in [0.717, 1.165) is 24.2 Å². The molecule has 0 saturated heterocycles. The average molecular weight is 372 g/mol. The van der Waals surface area contributed by atoms with Crippen molar-refractivity contribution in [3.05, 3.63) is 101 Å². The van der Waals surface area contributed by atoms with Crippen LogP contribution in [0.2, 0.25) is 0 Å². The number of benzene rings is 3. The minimum absolute atomic E-state index is 0.0607. The molecule has 0 aliphatic heterocycles. The lowest BCUT2D eigenvalue weighted by Crippen LogP contribution is -2.10. The van der Waals surface area contributed by atoms with Gasteiger partial charge in [-0.05, 0) is 60.7 Å². The predicted molar refractivity (Wildman–Crippen MR) is 110 cm³/mol. The van der Waals surface area contributed by atoms with Crippen molar-refractivity contribution in [1.82, 2.24) is 0 Å². The van der Waals surface area contributed by atoms with E-state index in [4.69, 9.17) is 9.47 Å². The SMILES string of the molecule is CCOC(=O)c1ccc(C2(c3ccc(OCc4ccccc4)cc3)CC2)cc1. The molecule has 1 aliphatic rings. The van der Waals surface area contributed by atoms with Crippen molar-refractivity contribution < 1.29 is 14.3 Å². The zero-order valence-corrected chi connectivity index (χ0v) is 16.1. The van der Waals surface area contributed by atoms with Crippen LogP contribution in [0.1, 0.15) is 46.8 Å². The summed E-state index contributed by atoms with van der Waals surface area (Å²) in [7, 11) is 0. The fourth-order valence-corrected chi connectivity index (χ4v) is 3.62. The normalized spacial score (nSPS) is 14.3. The molecule has 1 fully saturated rings. The van der Waals surface area contributed by atoms with Gasteiger partial charge in [-0.15, -0.1) is 0 Å². The van der Waals surface area contributed by atoms with E-state index < -0.39 is 0 Å². The largest absolute Gasteiger partial charge is 0.489 e. The van der Waals surface area contributed by atoms with Gasteiger partial charge in [0.25, 0.3) is 0 Å². The van der Waals surface area contributed by atoms with E-state index in [1.54, 1.807) is 0 Å². The molecule has 0 amide bonds. The lowest BCUT2D eigenvalue weighted by Gasteiger charge is -2.17. The van der Waals surface area contributed by atoms with E-state index in [9.17, 15) is 4.79 Å². The van der Waals surface area contributed by atoms with Gasteiger partial charge >= 0.3 is 5.97 Å². The first-order chi connectivity index (χ1) is 13.7. The van der Waals surface area contributed by atoms with Crippen molar-refractivity contribution in [2.45, 2.75) is 31.8 Å². The molecule has 0 aromatic heterocycles. The molecule has 28 heavy (non-hydrogen) atoms. The van der Waals surface area contributed by atoms with Crippen LogP contribution >= 0.6 is 0 Å². The quantitative estimate of drug-likeness (QED) is 0.512. The number of esters is 1. The first-order valence-electron chi connectivity index (χ1n) is 9.76. The zero-order chi connectivity index (χ0) is 19.4. The van der Waals surface area contributed by atoms with Crippen molar-refractivity contribution in [1.29, 1.82) is 0 Å². The monoisotopic (exact) mass is 372 g/mol. The van der Waals surface area contributed by atoms with Crippen LogP contribution in [0.15, 0.2) is 78.9 Å². The fraction of sp³-hybridized carbons (Fsp3) is 0.240. The smallest absolute Gasteiger partial charge is 0.338 e. The summed E-state index contributed by atoms with van der Waals surface area (Å²) < 4.78 is 11.0. The Morgan fingerprint density at radius 1 is 0.857 bits per heavy atom. The van der Waals surface area contributed by atoms with Crippen LogP contribution < -0.4 is 4.74 Å². The van der Waals surface area contributed by atoms with Crippen LogP contribution in [0.3, 0.4) is 0 Å². The second-order valence-corrected chi connectivity index (χ2v) is 7.18. The van der Waals surface area contributed by atoms with E-state index in [-0.39, 0.29) is 11.4 Å². The summed E-state index contributed by atoms with van der Waals surface area (Å²) in [6.07, 6.45) is 2.24. The Morgan fingerprint density at radius 2 is 1.46 bits per heavy atom. The van der Waals surface area contributed by atoms with Crippen LogP contribution in [0, 0.1) is 0 Å². The summed E-state index contributed by atoms with van der Waals surface area (Å²) in [5.41, 5.74) is 4.37. The third-order valence-electron chi connectivity index (χ3n) is 5.35. The molecule has 3 aromatic carbocycles. The van der Waals surface area contributed by atoms with E-state index in [1.165, 1.54) is 11.1 Å². The van der Waals surface area contributed by atoms with E-state index in [2.05, 4.69) is 36.4 Å². The highest BCUT2D eigenvalue weighted by Crippen LogP contribution is 2.53. The molecule has 0 bridgehead atoms. The molecular formula is C25H24O3. The topological polar surface area (TPSA) is 35.5 Å². The Labute approximate surface area is 165 Å². The van der Waals surface area contributed by atoms with Gasteiger partial charge in [-0.25, -0.2) is 4.79 Å². The second-order valence-electron chi connectivity index (χ2n) is 7.18. The molecule has 0 N–H and O–H groups in total. The Balaban J connectivity index is 1.45. The molecule has 3 aromatic rings. The number of hydrogen-bond donors (Lipinski definition) is 0. The van der Waals surface area contributed by atoms with Crippen LogP contribution in [0.25, 0.3) is 0 Å². The van der Waals surface area contributed by atoms with Crippen molar-refractivity contribution in [2.24, 2.45) is 0 Å². The molecular weight excluding hydrogens is 348 g/mol. The molecule has 1 saturated carbocycles. The van der Waals surface area contributed by atoms with Crippen LogP contribution in [-0.2, 0) is 16.8 Å². The Hall–Kier alpha value is -3.07. The minimum atomic E-state index is -0.265. The maximum absolute atomic E-state index is 11.9. The van der Waals surface area contributed by atoms with Crippen LogP contribution in [0.5, 0.6) is 5.75 Å². The predicted octanol–water partition coefficient (Wildman–Crippen LogP) is 5.52. The van der Waals surface area contributed by atoms with Gasteiger partial charge in [0, 0.05) is 5.41 Å². The highest BCUT2D eigenvalue weighted by atomic mass is 16.5. The molecule has 1 aliphatic carbocycles. The van der Waals surface area contributed by atoms with Gasteiger partial charge in [-0.2, -0.15) is 0 Å². The number of rotatable bonds is 7. The van der Waals surface area contributed by atoms with Crippen molar-refractivity contribution in [3.8, 4) is 5.75 Å². The summed E-state index contributed by atoms with van der Waals surface area (Å²) in [6.45, 7) is 2.78. The van der Waals surface area contributed by atoms with Gasteiger partial charge in [0.15, 0.2) is 0 Å². The molecule has 4 rings (SSSR count). The standard InChI is InChI=1S/C25H24O3/c1-2-27-24(26)20-8-10-21(11-9-20)25(16-17-25)22-12-14-23(15-13-22)28-18-19-6-4-3-5-7-19/h3-15H,2,16-18H2,1H3. The van der Waals surface area contributed by atoms with Crippen molar-refractivity contribution in [2.75, 3.05) is 6.61 Å². The Morgan fingerprint density at radius 3 is 2.04 bits per heavy atom. The van der Waals surface area contributed by atoms with Crippen LogP contribution in [0.4, 0.5) is 0 Å². The van der Waals surface area contributed by atoms with Crippen LogP contribution in [-0.4, -0.2) is 12.6 Å². The summed E-state index contributed by atoms with van der Waals surface area (Å²) in [6, 6.07) is 26.4. The molecule has 0 heterocycles. The second kappa shape index (κ2) is 7.89. The third kappa shape index (κ3) is 3.79. The summed E-state index contributed by atoms with van der Waals surface area (Å²) in [5, 5.41) is 0. The summed E-state index contributed by atoms with van der Waals surface area (Å²) >= 11 is 0. The highest BCUT2D eigenvalue weighted by molar-refractivity contribution is 5.89. The van der Waals surface area contributed by atoms with Gasteiger partial charge in [0.05, 0.1) is 12.2 Å².